The van der Waals surface area contributed by atoms with Crippen molar-refractivity contribution in [3.8, 4) is 25.2 Å². The van der Waals surface area contributed by atoms with E-state index in [0.717, 1.165) is 82.6 Å². The molecule has 4 heteroatoms. The zero-order chi connectivity index (χ0) is 34.7. The summed E-state index contributed by atoms with van der Waals surface area (Å²) in [7, 11) is 0. The van der Waals surface area contributed by atoms with Crippen LogP contribution in [-0.2, 0) is 4.79 Å². The van der Waals surface area contributed by atoms with Crippen LogP contribution >= 0.6 is 0 Å². The van der Waals surface area contributed by atoms with Gasteiger partial charge in [-0.1, -0.05) is 81.2 Å². The first-order valence-corrected chi connectivity index (χ1v) is 18.4. The lowest BCUT2D eigenvalue weighted by Gasteiger charge is -2.53. The number of allylic oxidation sites excluding steroid dienone is 10. The lowest BCUT2D eigenvalue weighted by molar-refractivity contribution is -0.127. The summed E-state index contributed by atoms with van der Waals surface area (Å²) in [4.78, 5) is 12.4. The van der Waals surface area contributed by atoms with Gasteiger partial charge in [-0.2, -0.15) is 0 Å². The fourth-order valence-electron chi connectivity index (χ4n) is 11.7. The molecule has 0 aromatic heterocycles. The zero-order valence-corrected chi connectivity index (χ0v) is 29.7. The van der Waals surface area contributed by atoms with Crippen molar-refractivity contribution < 1.29 is 20.1 Å². The first kappa shape index (κ1) is 35.0. The van der Waals surface area contributed by atoms with Gasteiger partial charge >= 0.3 is 0 Å². The summed E-state index contributed by atoms with van der Waals surface area (Å²) in [5, 5.41) is 29.9. The molecule has 2 saturated carbocycles. The van der Waals surface area contributed by atoms with E-state index in [0.29, 0.717) is 29.5 Å². The summed E-state index contributed by atoms with van der Waals surface area (Å²) in [6.45, 7) is 9.50. The summed E-state index contributed by atoms with van der Waals surface area (Å²) in [6, 6.07) is 0. The maximum Gasteiger partial charge on any atom is 0.139 e. The van der Waals surface area contributed by atoms with Gasteiger partial charge in [0.05, 0.1) is 13.2 Å². The second kappa shape index (κ2) is 12.5. The molecule has 0 aromatic carbocycles. The molecule has 8 rings (SSSR count). The number of carbonyl (C=O) groups excluding carboxylic acids is 1. The average molecular weight is 649 g/mol. The van der Waals surface area contributed by atoms with Gasteiger partial charge in [0.15, 0.2) is 0 Å². The number of rotatable bonds is 2. The van der Waals surface area contributed by atoms with Gasteiger partial charge in [0.1, 0.15) is 11.4 Å². The maximum atomic E-state index is 12.4. The van der Waals surface area contributed by atoms with Crippen molar-refractivity contribution in [2.24, 2.45) is 45.3 Å². The molecular formula is C44H56O4. The molecule has 48 heavy (non-hydrogen) atoms. The Hall–Kier alpha value is -2.89. The van der Waals surface area contributed by atoms with Gasteiger partial charge in [0, 0.05) is 28.1 Å². The molecule has 4 nitrogen and oxygen atoms in total. The molecule has 0 heterocycles. The number of hydrogen-bond donors (Lipinski definition) is 3. The molecule has 8 aliphatic carbocycles. The average Bonchev–Trinajstić information content (AvgIpc) is 3.56. The number of ketones is 1. The van der Waals surface area contributed by atoms with E-state index in [1.165, 1.54) is 16.7 Å². The summed E-state index contributed by atoms with van der Waals surface area (Å²) in [5.41, 5.74) is 7.24. The Morgan fingerprint density at radius 1 is 0.750 bits per heavy atom. The number of aliphatic hydroxyl groups is 3. The summed E-state index contributed by atoms with van der Waals surface area (Å²) < 4.78 is 0. The van der Waals surface area contributed by atoms with Crippen molar-refractivity contribution in [1.82, 2.24) is 0 Å². The molecule has 256 valence electrons. The van der Waals surface area contributed by atoms with Crippen molar-refractivity contribution in [2.45, 2.75) is 110 Å². The highest BCUT2D eigenvalue weighted by Crippen LogP contribution is 2.65. The normalized spacial score (nSPS) is 43.4. The first-order valence-electron chi connectivity index (χ1n) is 18.4. The molecule has 4 unspecified atom stereocenters. The van der Waals surface area contributed by atoms with Gasteiger partial charge in [-0.25, -0.2) is 0 Å². The van der Waals surface area contributed by atoms with Gasteiger partial charge in [0.2, 0.25) is 0 Å². The molecule has 0 bridgehead atoms. The Balaban J connectivity index is 0.000000160. The molecule has 0 aliphatic heterocycles. The summed E-state index contributed by atoms with van der Waals surface area (Å²) in [5.74, 6) is 5.28. The minimum Gasteiger partial charge on any atom is -0.392 e. The van der Waals surface area contributed by atoms with Gasteiger partial charge in [-0.15, -0.1) is 19.3 Å². The SMILES string of the molecule is C#C.C#C[C@]1(O)CCC2C3CC=C4C=C(CO)CC[C@]4(C)C3=CC[C@@]21C.C[C@]12CCC(CO)=CC1=CCC1C2=CC[C@]2(C)C(=O)CCC12. The third kappa shape index (κ3) is 4.96. The summed E-state index contributed by atoms with van der Waals surface area (Å²) >= 11 is 0. The van der Waals surface area contributed by atoms with Crippen LogP contribution in [0, 0.1) is 70.5 Å². The number of hydrogen-bond acceptors (Lipinski definition) is 4. The molecule has 9 atom stereocenters. The topological polar surface area (TPSA) is 77.8 Å². The van der Waals surface area contributed by atoms with Crippen LogP contribution in [0.2, 0.25) is 0 Å². The number of terminal acetylenes is 2. The van der Waals surface area contributed by atoms with Crippen molar-refractivity contribution >= 4 is 5.78 Å². The number of fused-ring (bicyclic) bond motifs is 10. The number of Topliss-reactive ketones (excluding diaryl/α,β-unsaturated/α-hetero) is 1. The maximum absolute atomic E-state index is 12.4. The van der Waals surface area contributed by atoms with E-state index >= 15 is 0 Å². The van der Waals surface area contributed by atoms with E-state index in [1.54, 1.807) is 11.1 Å². The number of carbonyl (C=O) groups is 1. The van der Waals surface area contributed by atoms with Crippen LogP contribution in [-0.4, -0.2) is 39.9 Å². The Morgan fingerprint density at radius 2 is 1.27 bits per heavy atom. The van der Waals surface area contributed by atoms with E-state index in [-0.39, 0.29) is 34.9 Å². The second-order valence-electron chi connectivity index (χ2n) is 16.9. The van der Waals surface area contributed by atoms with Crippen LogP contribution in [0.1, 0.15) is 105 Å². The molecule has 3 N–H and O–H groups in total. The van der Waals surface area contributed by atoms with Gasteiger partial charge in [0.25, 0.3) is 0 Å². The highest BCUT2D eigenvalue weighted by Gasteiger charge is 2.61. The van der Waals surface area contributed by atoms with Gasteiger partial charge in [-0.05, 0) is 117 Å². The van der Waals surface area contributed by atoms with Crippen LogP contribution in [0.5, 0.6) is 0 Å². The lowest BCUT2D eigenvalue weighted by Crippen LogP contribution is -2.49. The molecule has 0 saturated heterocycles. The van der Waals surface area contributed by atoms with E-state index in [2.05, 4.69) is 82.9 Å². The molecule has 2 fully saturated rings. The van der Waals surface area contributed by atoms with Crippen molar-refractivity contribution in [3.63, 3.8) is 0 Å². The third-order valence-corrected chi connectivity index (χ3v) is 15.0. The minimum absolute atomic E-state index is 0.0970. The standard InChI is InChI=1S/C22H28O2.C20H26O2.C2H2/c1-4-22(24)12-9-19-17-6-5-16-13-15(14-23)7-10-20(16,2)18(17)8-11-21(19,22)3;1-19-9-7-13(12-21)11-14(19)3-4-15-16-5-6-18(22)20(16,2)10-8-17(15)19;1-2/h1,5,8,13,17,19,23-24H,6-7,9-12,14H2,2-3H3;3,8,11,15-16,21H,4-7,9-10,12H2,1-2H3;1-2H/t17?,19?,20-,21-,22-;15?,16?,19-,20-;/m00./s1. The molecule has 0 radical (unpaired) electrons. The molecule has 0 spiro atoms. The Morgan fingerprint density at radius 3 is 1.79 bits per heavy atom. The van der Waals surface area contributed by atoms with E-state index in [1.807, 2.05) is 0 Å². The minimum atomic E-state index is -0.957. The Kier molecular flexibility index (Phi) is 9.07. The quantitative estimate of drug-likeness (QED) is 0.210. The molecule has 0 aromatic rings. The van der Waals surface area contributed by atoms with Crippen LogP contribution < -0.4 is 0 Å². The highest BCUT2D eigenvalue weighted by molar-refractivity contribution is 5.87. The Bertz CT molecular complexity index is 1610. The van der Waals surface area contributed by atoms with Gasteiger partial charge < -0.3 is 15.3 Å². The van der Waals surface area contributed by atoms with E-state index in [9.17, 15) is 20.1 Å². The third-order valence-electron chi connectivity index (χ3n) is 15.0. The monoisotopic (exact) mass is 648 g/mol. The van der Waals surface area contributed by atoms with Crippen LogP contribution in [0.15, 0.2) is 69.9 Å². The molecule has 0 amide bonds. The van der Waals surface area contributed by atoms with Crippen molar-refractivity contribution in [1.29, 1.82) is 0 Å². The van der Waals surface area contributed by atoms with Crippen LogP contribution in [0.25, 0.3) is 0 Å². The van der Waals surface area contributed by atoms with Crippen LogP contribution in [0.4, 0.5) is 0 Å². The predicted molar refractivity (Wildman–Crippen MR) is 193 cm³/mol. The largest absolute Gasteiger partial charge is 0.392 e. The van der Waals surface area contributed by atoms with Crippen molar-refractivity contribution in [3.05, 3.63) is 69.9 Å². The van der Waals surface area contributed by atoms with Crippen LogP contribution in [0.3, 0.4) is 0 Å². The predicted octanol–water partition coefficient (Wildman–Crippen LogP) is 7.98. The smallest absolute Gasteiger partial charge is 0.139 e. The lowest BCUT2D eigenvalue weighted by atomic mass is 9.52. The summed E-state index contributed by atoms with van der Waals surface area (Å²) in [6.07, 6.45) is 39.4. The van der Waals surface area contributed by atoms with Crippen molar-refractivity contribution in [2.75, 3.05) is 13.2 Å². The zero-order valence-electron chi connectivity index (χ0n) is 29.7. The molecular weight excluding hydrogens is 592 g/mol. The van der Waals surface area contributed by atoms with E-state index < -0.39 is 5.60 Å². The second-order valence-corrected chi connectivity index (χ2v) is 16.9. The fourth-order valence-corrected chi connectivity index (χ4v) is 11.7. The van der Waals surface area contributed by atoms with Gasteiger partial charge in [-0.3, -0.25) is 4.79 Å². The van der Waals surface area contributed by atoms with E-state index in [4.69, 9.17) is 6.42 Å². The Labute approximate surface area is 289 Å². The molecule has 8 aliphatic rings. The highest BCUT2D eigenvalue weighted by atomic mass is 16.3. The fraction of sp³-hybridized carbons (Fsp3) is 0.614. The number of aliphatic hydroxyl groups excluding tert-OH is 2. The first-order chi connectivity index (χ1) is 22.9.